The lowest BCUT2D eigenvalue weighted by Gasteiger charge is -2.22. The van der Waals surface area contributed by atoms with E-state index in [-0.39, 0.29) is 12.1 Å². The number of aromatic nitrogens is 2. The molecule has 1 fully saturated rings. The van der Waals surface area contributed by atoms with E-state index in [1.165, 1.54) is 6.42 Å². The zero-order valence-electron chi connectivity index (χ0n) is 14.4. The number of rotatable bonds is 6. The second-order valence-electron chi connectivity index (χ2n) is 6.10. The van der Waals surface area contributed by atoms with Crippen LogP contribution in [-0.2, 0) is 17.8 Å². The van der Waals surface area contributed by atoms with Crippen LogP contribution in [0.4, 0.5) is 10.5 Å². The summed E-state index contributed by atoms with van der Waals surface area (Å²) in [5, 5.41) is 9.90. The second kappa shape index (κ2) is 8.53. The van der Waals surface area contributed by atoms with E-state index < -0.39 is 0 Å². The summed E-state index contributed by atoms with van der Waals surface area (Å²) in [5.41, 5.74) is 1.67. The van der Waals surface area contributed by atoms with Crippen molar-refractivity contribution in [3.8, 4) is 5.75 Å². The van der Waals surface area contributed by atoms with E-state index in [1.807, 2.05) is 35.1 Å². The highest BCUT2D eigenvalue weighted by Gasteiger charge is 2.15. The Morgan fingerprint density at radius 3 is 2.92 bits per heavy atom. The van der Waals surface area contributed by atoms with Gasteiger partial charge in [-0.1, -0.05) is 12.1 Å². The largest absolute Gasteiger partial charge is 0.497 e. The summed E-state index contributed by atoms with van der Waals surface area (Å²) < 4.78 is 12.6. The predicted molar refractivity (Wildman–Crippen MR) is 94.7 cm³/mol. The number of benzene rings is 1. The van der Waals surface area contributed by atoms with Crippen LogP contribution in [0.2, 0.25) is 0 Å². The van der Waals surface area contributed by atoms with E-state index in [9.17, 15) is 4.79 Å². The summed E-state index contributed by atoms with van der Waals surface area (Å²) in [6.45, 7) is 1.99. The van der Waals surface area contributed by atoms with Crippen LogP contribution in [0.3, 0.4) is 0 Å². The Hall–Kier alpha value is -2.54. The summed E-state index contributed by atoms with van der Waals surface area (Å²) in [7, 11) is 1.63. The van der Waals surface area contributed by atoms with Crippen LogP contribution in [0.5, 0.6) is 5.75 Å². The Morgan fingerprint density at radius 2 is 2.20 bits per heavy atom. The molecule has 1 saturated heterocycles. The number of hydrogen-bond acceptors (Lipinski definition) is 4. The SMILES string of the molecule is COc1ccc(CNC(=O)Nc2cnn(C[C@H]3CCCCO3)c2)cc1. The van der Waals surface area contributed by atoms with Gasteiger partial charge in [-0.25, -0.2) is 4.79 Å². The quantitative estimate of drug-likeness (QED) is 0.845. The number of anilines is 1. The molecule has 0 bridgehead atoms. The van der Waals surface area contributed by atoms with Gasteiger partial charge in [0.15, 0.2) is 0 Å². The van der Waals surface area contributed by atoms with Gasteiger partial charge in [-0.3, -0.25) is 4.68 Å². The summed E-state index contributed by atoms with van der Waals surface area (Å²) >= 11 is 0. The molecule has 25 heavy (non-hydrogen) atoms. The van der Waals surface area contributed by atoms with Gasteiger partial charge < -0.3 is 20.1 Å². The van der Waals surface area contributed by atoms with Crippen LogP contribution >= 0.6 is 0 Å². The van der Waals surface area contributed by atoms with Gasteiger partial charge in [-0.2, -0.15) is 5.10 Å². The third-order valence-corrected chi connectivity index (χ3v) is 4.17. The number of amides is 2. The molecule has 134 valence electrons. The Balaban J connectivity index is 1.44. The molecular formula is C18H24N4O3. The molecule has 1 atom stereocenters. The minimum atomic E-state index is -0.260. The van der Waals surface area contributed by atoms with Crippen molar-refractivity contribution < 1.29 is 14.3 Å². The van der Waals surface area contributed by atoms with Crippen molar-refractivity contribution in [2.75, 3.05) is 19.0 Å². The first-order chi connectivity index (χ1) is 12.2. The zero-order valence-corrected chi connectivity index (χ0v) is 14.4. The molecule has 0 saturated carbocycles. The molecule has 2 aromatic rings. The van der Waals surface area contributed by atoms with Crippen LogP contribution in [0, 0.1) is 0 Å². The van der Waals surface area contributed by atoms with Crippen molar-refractivity contribution in [1.29, 1.82) is 0 Å². The Kier molecular flexibility index (Phi) is 5.90. The molecular weight excluding hydrogens is 320 g/mol. The van der Waals surface area contributed by atoms with Crippen LogP contribution in [0.25, 0.3) is 0 Å². The fourth-order valence-corrected chi connectivity index (χ4v) is 2.79. The van der Waals surface area contributed by atoms with E-state index >= 15 is 0 Å². The Morgan fingerprint density at radius 1 is 1.36 bits per heavy atom. The molecule has 7 nitrogen and oxygen atoms in total. The van der Waals surface area contributed by atoms with Crippen molar-refractivity contribution in [3.05, 3.63) is 42.2 Å². The zero-order chi connectivity index (χ0) is 17.5. The second-order valence-corrected chi connectivity index (χ2v) is 6.10. The monoisotopic (exact) mass is 344 g/mol. The number of methoxy groups -OCH3 is 1. The van der Waals surface area contributed by atoms with Crippen molar-refractivity contribution in [2.45, 2.75) is 38.5 Å². The number of nitrogens with one attached hydrogen (secondary N) is 2. The van der Waals surface area contributed by atoms with Crippen LogP contribution < -0.4 is 15.4 Å². The summed E-state index contributed by atoms with van der Waals surface area (Å²) in [5.74, 6) is 0.794. The van der Waals surface area contributed by atoms with Gasteiger partial charge in [0.25, 0.3) is 0 Å². The van der Waals surface area contributed by atoms with Gasteiger partial charge in [0, 0.05) is 19.3 Å². The molecule has 1 aliphatic rings. The normalized spacial score (nSPS) is 17.1. The molecule has 1 aromatic carbocycles. The minimum Gasteiger partial charge on any atom is -0.497 e. The molecule has 7 heteroatoms. The molecule has 2 heterocycles. The van der Waals surface area contributed by atoms with Crippen LogP contribution in [0.15, 0.2) is 36.7 Å². The van der Waals surface area contributed by atoms with Gasteiger partial charge in [0.05, 0.1) is 31.6 Å². The molecule has 0 unspecified atom stereocenters. The molecule has 0 spiro atoms. The average molecular weight is 344 g/mol. The van der Waals surface area contributed by atoms with E-state index in [2.05, 4.69) is 15.7 Å². The van der Waals surface area contributed by atoms with Crippen molar-refractivity contribution in [2.24, 2.45) is 0 Å². The first-order valence-electron chi connectivity index (χ1n) is 8.55. The lowest BCUT2D eigenvalue weighted by molar-refractivity contribution is 0.00401. The van der Waals surface area contributed by atoms with E-state index in [4.69, 9.17) is 9.47 Å². The Bertz CT molecular complexity index is 678. The topological polar surface area (TPSA) is 77.4 Å². The third kappa shape index (κ3) is 5.22. The van der Waals surface area contributed by atoms with Crippen LogP contribution in [-0.4, -0.2) is 35.6 Å². The molecule has 0 aliphatic carbocycles. The van der Waals surface area contributed by atoms with Crippen LogP contribution in [0.1, 0.15) is 24.8 Å². The van der Waals surface area contributed by atoms with Gasteiger partial charge in [-0.15, -0.1) is 0 Å². The smallest absolute Gasteiger partial charge is 0.319 e. The number of carbonyl (C=O) groups is 1. The van der Waals surface area contributed by atoms with Crippen molar-refractivity contribution in [1.82, 2.24) is 15.1 Å². The number of ether oxygens (including phenoxy) is 2. The molecule has 1 aliphatic heterocycles. The maximum Gasteiger partial charge on any atom is 0.319 e. The highest BCUT2D eigenvalue weighted by atomic mass is 16.5. The standard InChI is InChI=1S/C18H24N4O3/c1-24-16-7-5-14(6-8-16)10-19-18(23)21-15-11-20-22(12-15)13-17-4-2-3-9-25-17/h5-8,11-12,17H,2-4,9-10,13H2,1H3,(H2,19,21,23)/t17-/m1/s1. The van der Waals surface area contributed by atoms with Crippen molar-refractivity contribution >= 4 is 11.7 Å². The number of urea groups is 1. The maximum atomic E-state index is 12.0. The average Bonchev–Trinajstić information content (AvgIpc) is 3.08. The highest BCUT2D eigenvalue weighted by Crippen LogP contribution is 2.15. The van der Waals surface area contributed by atoms with Gasteiger partial charge in [-0.05, 0) is 37.0 Å². The molecule has 3 rings (SSSR count). The molecule has 2 N–H and O–H groups in total. The number of hydrogen-bond donors (Lipinski definition) is 2. The highest BCUT2D eigenvalue weighted by molar-refractivity contribution is 5.88. The van der Waals surface area contributed by atoms with Gasteiger partial charge in [0.2, 0.25) is 0 Å². The first kappa shape index (κ1) is 17.3. The minimum absolute atomic E-state index is 0.213. The Labute approximate surface area is 147 Å². The fourth-order valence-electron chi connectivity index (χ4n) is 2.79. The summed E-state index contributed by atoms with van der Waals surface area (Å²) in [4.78, 5) is 12.0. The lowest BCUT2D eigenvalue weighted by atomic mass is 10.1. The van der Waals surface area contributed by atoms with Crippen molar-refractivity contribution in [3.63, 3.8) is 0 Å². The lowest BCUT2D eigenvalue weighted by Crippen LogP contribution is -2.28. The maximum absolute atomic E-state index is 12.0. The third-order valence-electron chi connectivity index (χ3n) is 4.17. The van der Waals surface area contributed by atoms with E-state index in [0.29, 0.717) is 12.2 Å². The van der Waals surface area contributed by atoms with Gasteiger partial charge >= 0.3 is 6.03 Å². The molecule has 0 radical (unpaired) electrons. The van der Waals surface area contributed by atoms with E-state index in [0.717, 1.165) is 37.3 Å². The molecule has 1 aromatic heterocycles. The fraction of sp³-hybridized carbons (Fsp3) is 0.444. The number of nitrogens with zero attached hydrogens (tertiary/aromatic N) is 2. The summed E-state index contributed by atoms with van der Waals surface area (Å²) in [6.07, 6.45) is 7.08. The van der Waals surface area contributed by atoms with E-state index in [1.54, 1.807) is 13.3 Å². The first-order valence-corrected chi connectivity index (χ1v) is 8.55. The summed E-state index contributed by atoms with van der Waals surface area (Å²) in [6, 6.07) is 7.31. The van der Waals surface area contributed by atoms with Gasteiger partial charge in [0.1, 0.15) is 5.75 Å². The molecule has 2 amide bonds. The predicted octanol–water partition coefficient (Wildman–Crippen LogP) is 2.78. The number of carbonyl (C=O) groups excluding carboxylic acids is 1.